The first-order chi connectivity index (χ1) is 8.21. The minimum absolute atomic E-state index is 0.420. The first-order valence-corrected chi connectivity index (χ1v) is 6.11. The molecule has 1 aromatic rings. The lowest BCUT2D eigenvalue weighted by atomic mass is 9.79. The molecule has 2 N–H and O–H groups in total. The van der Waals surface area contributed by atoms with E-state index in [1.165, 1.54) is 25.7 Å². The van der Waals surface area contributed by atoms with Crippen LogP contribution in [-0.2, 0) is 11.3 Å². The van der Waals surface area contributed by atoms with Crippen molar-refractivity contribution in [3.05, 3.63) is 17.8 Å². The topological polar surface area (TPSA) is 57.4 Å². The number of pyridine rings is 1. The molecular formula is C13H18N2O2. The van der Waals surface area contributed by atoms with E-state index in [0.717, 1.165) is 5.56 Å². The Balaban J connectivity index is 1.58. The highest BCUT2D eigenvalue weighted by atomic mass is 16.5. The Morgan fingerprint density at radius 3 is 2.88 bits per heavy atom. The smallest absolute Gasteiger partial charge is 0.218 e. The van der Waals surface area contributed by atoms with E-state index in [9.17, 15) is 0 Å². The Morgan fingerprint density at radius 2 is 2.24 bits per heavy atom. The van der Waals surface area contributed by atoms with Crippen LogP contribution in [0.5, 0.6) is 5.88 Å². The highest BCUT2D eigenvalue weighted by Gasteiger charge is 2.53. The second-order valence-corrected chi connectivity index (χ2v) is 5.28. The van der Waals surface area contributed by atoms with Gasteiger partial charge in [-0.1, -0.05) is 0 Å². The molecule has 0 atom stereocenters. The molecule has 2 saturated carbocycles. The molecule has 1 heterocycles. The van der Waals surface area contributed by atoms with Crippen molar-refractivity contribution in [1.29, 1.82) is 0 Å². The second-order valence-electron chi connectivity index (χ2n) is 5.28. The average Bonchev–Trinajstić information content (AvgIpc) is 3.05. The van der Waals surface area contributed by atoms with E-state index in [1.54, 1.807) is 13.3 Å². The molecule has 2 aliphatic carbocycles. The van der Waals surface area contributed by atoms with Gasteiger partial charge >= 0.3 is 0 Å². The molecule has 2 fully saturated rings. The Morgan fingerprint density at radius 1 is 1.47 bits per heavy atom. The summed E-state index contributed by atoms with van der Waals surface area (Å²) in [6, 6.07) is 1.87. The van der Waals surface area contributed by atoms with Crippen LogP contribution in [0.4, 0.5) is 5.69 Å². The van der Waals surface area contributed by atoms with Crippen LogP contribution in [0, 0.1) is 5.41 Å². The number of nitrogen functional groups attached to an aromatic ring is 1. The van der Waals surface area contributed by atoms with E-state index < -0.39 is 0 Å². The SMILES string of the molecule is COc1ncc(N)cc1COC1CC2(CC2)C1. The van der Waals surface area contributed by atoms with Gasteiger partial charge in [0.25, 0.3) is 0 Å². The quantitative estimate of drug-likeness (QED) is 0.867. The first kappa shape index (κ1) is 10.8. The van der Waals surface area contributed by atoms with Crippen LogP contribution in [0.3, 0.4) is 0 Å². The van der Waals surface area contributed by atoms with E-state index in [0.29, 0.717) is 29.7 Å². The van der Waals surface area contributed by atoms with E-state index in [4.69, 9.17) is 15.2 Å². The van der Waals surface area contributed by atoms with Gasteiger partial charge in [0.15, 0.2) is 0 Å². The van der Waals surface area contributed by atoms with Crippen LogP contribution in [0.15, 0.2) is 12.3 Å². The monoisotopic (exact) mass is 234 g/mol. The summed E-state index contributed by atoms with van der Waals surface area (Å²) in [5.41, 5.74) is 7.98. The Hall–Kier alpha value is -1.29. The lowest BCUT2D eigenvalue weighted by Gasteiger charge is -2.35. The first-order valence-electron chi connectivity index (χ1n) is 6.11. The molecule has 92 valence electrons. The molecule has 0 aromatic carbocycles. The third-order valence-electron chi connectivity index (χ3n) is 3.89. The summed E-state index contributed by atoms with van der Waals surface area (Å²) in [5.74, 6) is 0.611. The highest BCUT2D eigenvalue weighted by molar-refractivity contribution is 5.42. The van der Waals surface area contributed by atoms with Crippen molar-refractivity contribution in [2.75, 3.05) is 12.8 Å². The maximum absolute atomic E-state index is 5.86. The van der Waals surface area contributed by atoms with Gasteiger partial charge in [0.05, 0.1) is 31.7 Å². The molecule has 2 aliphatic rings. The summed E-state index contributed by atoms with van der Waals surface area (Å²) in [4.78, 5) is 4.13. The summed E-state index contributed by atoms with van der Waals surface area (Å²) in [5, 5.41) is 0. The molecule has 0 unspecified atom stereocenters. The van der Waals surface area contributed by atoms with Gasteiger partial charge in [0.2, 0.25) is 5.88 Å². The van der Waals surface area contributed by atoms with Crippen molar-refractivity contribution in [2.24, 2.45) is 5.41 Å². The summed E-state index contributed by atoms with van der Waals surface area (Å²) in [6.45, 7) is 0.544. The van der Waals surface area contributed by atoms with Crippen molar-refractivity contribution in [2.45, 2.75) is 38.4 Å². The summed E-state index contributed by atoms with van der Waals surface area (Å²) in [6.07, 6.45) is 7.27. The van der Waals surface area contributed by atoms with Gasteiger partial charge < -0.3 is 15.2 Å². The predicted molar refractivity (Wildman–Crippen MR) is 64.7 cm³/mol. The summed E-state index contributed by atoms with van der Waals surface area (Å²) >= 11 is 0. The van der Waals surface area contributed by atoms with Gasteiger partial charge in [-0.2, -0.15) is 0 Å². The molecule has 4 heteroatoms. The maximum atomic E-state index is 5.86. The molecule has 17 heavy (non-hydrogen) atoms. The van der Waals surface area contributed by atoms with Crippen LogP contribution in [0.2, 0.25) is 0 Å². The van der Waals surface area contributed by atoms with Gasteiger partial charge in [-0.15, -0.1) is 0 Å². The number of rotatable bonds is 4. The molecule has 0 radical (unpaired) electrons. The largest absolute Gasteiger partial charge is 0.481 e. The minimum atomic E-state index is 0.420. The highest BCUT2D eigenvalue weighted by Crippen LogP contribution is 2.61. The van der Waals surface area contributed by atoms with Gasteiger partial charge in [-0.25, -0.2) is 4.98 Å². The summed E-state index contributed by atoms with van der Waals surface area (Å²) < 4.78 is 11.1. The lowest BCUT2D eigenvalue weighted by Crippen LogP contribution is -2.32. The average molecular weight is 234 g/mol. The maximum Gasteiger partial charge on any atom is 0.218 e. The Kier molecular flexibility index (Phi) is 2.47. The zero-order chi connectivity index (χ0) is 11.9. The fourth-order valence-corrected chi connectivity index (χ4v) is 2.62. The van der Waals surface area contributed by atoms with Gasteiger partial charge in [-0.3, -0.25) is 0 Å². The number of ether oxygens (including phenoxy) is 2. The van der Waals surface area contributed by atoms with Crippen molar-refractivity contribution in [3.8, 4) is 5.88 Å². The standard InChI is InChI=1S/C13H18N2O2/c1-16-12-9(4-10(14)7-15-12)8-17-11-5-13(6-11)2-3-13/h4,7,11H,2-3,5-6,8,14H2,1H3. The van der Waals surface area contributed by atoms with Crippen molar-refractivity contribution >= 4 is 5.69 Å². The molecule has 1 aromatic heterocycles. The molecule has 4 nitrogen and oxygen atoms in total. The lowest BCUT2D eigenvalue weighted by molar-refractivity contribution is -0.0500. The number of nitrogens with two attached hydrogens (primary N) is 1. The molecule has 0 aliphatic heterocycles. The van der Waals surface area contributed by atoms with Crippen LogP contribution < -0.4 is 10.5 Å². The predicted octanol–water partition coefficient (Wildman–Crippen LogP) is 2.13. The van der Waals surface area contributed by atoms with Crippen LogP contribution in [0.1, 0.15) is 31.2 Å². The van der Waals surface area contributed by atoms with Crippen molar-refractivity contribution in [1.82, 2.24) is 4.98 Å². The number of anilines is 1. The minimum Gasteiger partial charge on any atom is -0.481 e. The zero-order valence-corrected chi connectivity index (χ0v) is 10.1. The van der Waals surface area contributed by atoms with Crippen LogP contribution in [0.25, 0.3) is 0 Å². The van der Waals surface area contributed by atoms with E-state index in [-0.39, 0.29) is 0 Å². The fraction of sp³-hybridized carbons (Fsp3) is 0.615. The summed E-state index contributed by atoms with van der Waals surface area (Å²) in [7, 11) is 1.62. The Labute approximate surface area is 101 Å². The second kappa shape index (κ2) is 3.88. The van der Waals surface area contributed by atoms with Gasteiger partial charge in [0, 0.05) is 5.56 Å². The van der Waals surface area contributed by atoms with Crippen molar-refractivity contribution < 1.29 is 9.47 Å². The molecule has 1 spiro atoms. The van der Waals surface area contributed by atoms with Gasteiger partial charge in [0.1, 0.15) is 0 Å². The molecular weight excluding hydrogens is 216 g/mol. The molecule has 0 saturated heterocycles. The molecule has 3 rings (SSSR count). The van der Waals surface area contributed by atoms with Crippen LogP contribution in [-0.4, -0.2) is 18.2 Å². The van der Waals surface area contributed by atoms with E-state index in [1.807, 2.05) is 6.07 Å². The number of hydrogen-bond acceptors (Lipinski definition) is 4. The van der Waals surface area contributed by atoms with Crippen LogP contribution >= 0.6 is 0 Å². The normalized spacial score (nSPS) is 21.2. The Bertz CT molecular complexity index is 421. The van der Waals surface area contributed by atoms with E-state index in [2.05, 4.69) is 4.98 Å². The number of hydrogen-bond donors (Lipinski definition) is 1. The zero-order valence-electron chi connectivity index (χ0n) is 10.1. The molecule has 0 amide bonds. The number of methoxy groups -OCH3 is 1. The van der Waals surface area contributed by atoms with Gasteiger partial charge in [-0.05, 0) is 37.2 Å². The van der Waals surface area contributed by atoms with Crippen molar-refractivity contribution in [3.63, 3.8) is 0 Å². The number of nitrogens with zero attached hydrogens (tertiary/aromatic N) is 1. The third kappa shape index (κ3) is 2.09. The molecule has 0 bridgehead atoms. The van der Waals surface area contributed by atoms with E-state index >= 15 is 0 Å². The number of aromatic nitrogens is 1. The fourth-order valence-electron chi connectivity index (χ4n) is 2.62. The third-order valence-corrected chi connectivity index (χ3v) is 3.89.